The van der Waals surface area contributed by atoms with E-state index in [1.54, 1.807) is 24.3 Å². The number of hydrogen-bond acceptors (Lipinski definition) is 6. The molecule has 0 aliphatic carbocycles. The summed E-state index contributed by atoms with van der Waals surface area (Å²) in [6.07, 6.45) is -1.59. The molecule has 0 spiro atoms. The molecule has 4 unspecified atom stereocenters. The largest absolute Gasteiger partial charge is 0.457 e. The zero-order chi connectivity index (χ0) is 25.1. The third-order valence-corrected chi connectivity index (χ3v) is 6.04. The van der Waals surface area contributed by atoms with Crippen molar-refractivity contribution in [1.29, 1.82) is 0 Å². The van der Waals surface area contributed by atoms with Gasteiger partial charge in [0.05, 0.1) is 18.0 Å². The predicted molar refractivity (Wildman–Crippen MR) is 130 cm³/mol. The molecule has 0 radical (unpaired) electrons. The number of hydrogen-bond donors (Lipinski definition) is 5. The molecule has 5 N–H and O–H groups in total. The molecule has 3 aromatic rings. The minimum atomic E-state index is -0.872. The fraction of sp³-hybridized carbons (Fsp3) is 0.192. The Hall–Kier alpha value is -4.44. The van der Waals surface area contributed by atoms with E-state index in [9.17, 15) is 18.8 Å². The fourth-order valence-corrected chi connectivity index (χ4v) is 4.33. The molecule has 0 bridgehead atoms. The van der Waals surface area contributed by atoms with E-state index in [2.05, 4.69) is 26.6 Å². The first kappa shape index (κ1) is 23.3. The van der Waals surface area contributed by atoms with E-state index in [-0.39, 0.29) is 24.1 Å². The Labute approximate surface area is 206 Å². The van der Waals surface area contributed by atoms with E-state index < -0.39 is 30.2 Å². The maximum absolute atomic E-state index is 13.2. The number of ether oxygens (including phenoxy) is 1. The zero-order valence-corrected chi connectivity index (χ0v) is 19.0. The normalized spacial score (nSPS) is 23.0. The summed E-state index contributed by atoms with van der Waals surface area (Å²) in [6, 6.07) is 21.8. The van der Waals surface area contributed by atoms with Crippen LogP contribution in [0.5, 0.6) is 11.5 Å². The molecule has 2 aliphatic heterocycles. The van der Waals surface area contributed by atoms with Gasteiger partial charge in [-0.1, -0.05) is 18.2 Å². The molecule has 4 atom stereocenters. The van der Waals surface area contributed by atoms with Crippen LogP contribution in [0.2, 0.25) is 0 Å². The van der Waals surface area contributed by atoms with Gasteiger partial charge in [0, 0.05) is 17.8 Å². The van der Waals surface area contributed by atoms with Gasteiger partial charge in [-0.25, -0.2) is 4.39 Å². The van der Waals surface area contributed by atoms with Gasteiger partial charge >= 0.3 is 0 Å². The van der Waals surface area contributed by atoms with Crippen molar-refractivity contribution < 1.29 is 23.5 Å². The Balaban J connectivity index is 1.23. The number of amides is 3. The highest BCUT2D eigenvalue weighted by atomic mass is 19.1. The first-order chi connectivity index (χ1) is 17.4. The van der Waals surface area contributed by atoms with Crippen LogP contribution in [0.25, 0.3) is 0 Å². The zero-order valence-electron chi connectivity index (χ0n) is 19.0. The molecule has 2 aliphatic rings. The summed E-state index contributed by atoms with van der Waals surface area (Å²) in [6.45, 7) is 0. The summed E-state index contributed by atoms with van der Waals surface area (Å²) >= 11 is 0. The molecule has 0 aromatic heterocycles. The molecular formula is C26H24FN5O4. The molecule has 2 fully saturated rings. The van der Waals surface area contributed by atoms with Gasteiger partial charge in [-0.2, -0.15) is 0 Å². The van der Waals surface area contributed by atoms with Gasteiger partial charge in [0.15, 0.2) is 6.29 Å². The molecule has 9 nitrogen and oxygen atoms in total. The number of piperidine rings is 1. The smallest absolute Gasteiger partial charge is 0.229 e. The second-order valence-corrected chi connectivity index (χ2v) is 8.57. The Morgan fingerprint density at radius 2 is 1.53 bits per heavy atom. The standard InChI is InChI=1S/C26H24FN5O4/c27-15-6-8-17(9-7-15)29-26-31-23-22(25(35)32-26)20(14-21(33)30-23)24(34)28-16-10-12-19(13-11-16)36-18-4-2-1-3-5-18/h1-13,20,22-23,26,29,31H,14H2,(H,28,34)(H,30,33)(H,32,35). The number of nitrogens with one attached hydrogen (secondary N) is 5. The van der Waals surface area contributed by atoms with Crippen LogP contribution in [0.3, 0.4) is 0 Å². The van der Waals surface area contributed by atoms with Crippen molar-refractivity contribution in [3.63, 3.8) is 0 Å². The summed E-state index contributed by atoms with van der Waals surface area (Å²) < 4.78 is 18.9. The Morgan fingerprint density at radius 3 is 2.25 bits per heavy atom. The lowest BCUT2D eigenvalue weighted by Gasteiger charge is -2.43. The second kappa shape index (κ2) is 10.0. The summed E-state index contributed by atoms with van der Waals surface area (Å²) in [4.78, 5) is 38.5. The van der Waals surface area contributed by atoms with Crippen molar-refractivity contribution in [2.24, 2.45) is 11.8 Å². The number of halogens is 1. The van der Waals surface area contributed by atoms with Crippen LogP contribution < -0.4 is 31.3 Å². The molecule has 5 rings (SSSR count). The average Bonchev–Trinajstić information content (AvgIpc) is 2.86. The van der Waals surface area contributed by atoms with Crippen molar-refractivity contribution in [2.45, 2.75) is 18.9 Å². The second-order valence-electron chi connectivity index (χ2n) is 8.57. The van der Waals surface area contributed by atoms with Gasteiger partial charge in [-0.3, -0.25) is 19.7 Å². The minimum absolute atomic E-state index is 0.118. The van der Waals surface area contributed by atoms with Crippen LogP contribution in [-0.2, 0) is 14.4 Å². The molecule has 3 aromatic carbocycles. The number of fused-ring (bicyclic) bond motifs is 1. The number of rotatable bonds is 6. The average molecular weight is 490 g/mol. The van der Waals surface area contributed by atoms with Gasteiger partial charge in [0.1, 0.15) is 17.3 Å². The van der Waals surface area contributed by atoms with Gasteiger partial charge in [-0.05, 0) is 60.7 Å². The monoisotopic (exact) mass is 489 g/mol. The van der Waals surface area contributed by atoms with Crippen molar-refractivity contribution >= 4 is 29.1 Å². The highest BCUT2D eigenvalue weighted by Gasteiger charge is 2.48. The lowest BCUT2D eigenvalue weighted by atomic mass is 9.81. The van der Waals surface area contributed by atoms with Crippen molar-refractivity contribution in [1.82, 2.24) is 16.0 Å². The van der Waals surface area contributed by atoms with E-state index >= 15 is 0 Å². The molecule has 2 heterocycles. The molecular weight excluding hydrogens is 465 g/mol. The molecule has 3 amide bonds. The highest BCUT2D eigenvalue weighted by Crippen LogP contribution is 2.29. The number of benzene rings is 3. The molecule has 36 heavy (non-hydrogen) atoms. The van der Waals surface area contributed by atoms with E-state index in [4.69, 9.17) is 4.74 Å². The molecule has 184 valence electrons. The van der Waals surface area contributed by atoms with E-state index in [1.165, 1.54) is 24.3 Å². The first-order valence-electron chi connectivity index (χ1n) is 11.5. The Morgan fingerprint density at radius 1 is 0.861 bits per heavy atom. The maximum Gasteiger partial charge on any atom is 0.229 e. The third-order valence-electron chi connectivity index (χ3n) is 6.04. The number of para-hydroxylation sites is 1. The lowest BCUT2D eigenvalue weighted by Crippen LogP contribution is -2.72. The number of carbonyl (C=O) groups excluding carboxylic acids is 3. The summed E-state index contributed by atoms with van der Waals surface area (Å²) in [5.74, 6) is -1.93. The molecule has 10 heteroatoms. The van der Waals surface area contributed by atoms with Gasteiger partial charge in [-0.15, -0.1) is 0 Å². The van der Waals surface area contributed by atoms with Crippen molar-refractivity contribution in [3.8, 4) is 11.5 Å². The number of anilines is 2. The fourth-order valence-electron chi connectivity index (χ4n) is 4.33. The van der Waals surface area contributed by atoms with Crippen LogP contribution in [0.4, 0.5) is 15.8 Å². The predicted octanol–water partition coefficient (Wildman–Crippen LogP) is 2.75. The number of carbonyl (C=O) groups is 3. The third kappa shape index (κ3) is 5.28. The minimum Gasteiger partial charge on any atom is -0.457 e. The van der Waals surface area contributed by atoms with Crippen LogP contribution in [0.15, 0.2) is 78.9 Å². The van der Waals surface area contributed by atoms with Gasteiger partial charge in [0.25, 0.3) is 0 Å². The summed E-state index contributed by atoms with van der Waals surface area (Å²) in [5, 5.41) is 14.4. The first-order valence-corrected chi connectivity index (χ1v) is 11.5. The summed E-state index contributed by atoms with van der Waals surface area (Å²) in [5.41, 5.74) is 1.09. The van der Waals surface area contributed by atoms with E-state index in [1.807, 2.05) is 30.3 Å². The quantitative estimate of drug-likeness (QED) is 0.363. The van der Waals surface area contributed by atoms with Crippen LogP contribution in [0.1, 0.15) is 6.42 Å². The molecule has 0 saturated carbocycles. The van der Waals surface area contributed by atoms with E-state index in [0.717, 1.165) is 0 Å². The highest BCUT2D eigenvalue weighted by molar-refractivity contribution is 6.00. The van der Waals surface area contributed by atoms with Crippen molar-refractivity contribution in [2.75, 3.05) is 10.6 Å². The SMILES string of the molecule is O=C1CC(C(=O)Nc2ccc(Oc3ccccc3)cc2)C2C(=O)NC(Nc3ccc(F)cc3)NC2N1. The maximum atomic E-state index is 13.2. The van der Waals surface area contributed by atoms with Crippen LogP contribution >= 0.6 is 0 Å². The Kier molecular flexibility index (Phi) is 6.50. The molecule has 2 saturated heterocycles. The van der Waals surface area contributed by atoms with Gasteiger partial charge < -0.3 is 26.0 Å². The van der Waals surface area contributed by atoms with Crippen LogP contribution in [0, 0.1) is 17.7 Å². The Bertz CT molecular complexity index is 1250. The van der Waals surface area contributed by atoms with Crippen LogP contribution in [-0.4, -0.2) is 30.2 Å². The van der Waals surface area contributed by atoms with Crippen molar-refractivity contribution in [3.05, 3.63) is 84.7 Å². The topological polar surface area (TPSA) is 121 Å². The van der Waals surface area contributed by atoms with E-state index in [0.29, 0.717) is 22.9 Å². The lowest BCUT2D eigenvalue weighted by molar-refractivity contribution is -0.144. The summed E-state index contributed by atoms with van der Waals surface area (Å²) in [7, 11) is 0. The van der Waals surface area contributed by atoms with Gasteiger partial charge in [0.2, 0.25) is 17.7 Å².